The van der Waals surface area contributed by atoms with Crippen LogP contribution in [0.15, 0.2) is 43.0 Å². The molecule has 2 aliphatic carbocycles. The molecule has 0 aromatic heterocycles. The number of hydrogen-bond donors (Lipinski definition) is 0. The van der Waals surface area contributed by atoms with E-state index in [2.05, 4.69) is 6.58 Å². The fourth-order valence-corrected chi connectivity index (χ4v) is 5.76. The van der Waals surface area contributed by atoms with Crippen LogP contribution in [0.3, 0.4) is 0 Å². The summed E-state index contributed by atoms with van der Waals surface area (Å²) in [6.45, 7) is 3.84. The Morgan fingerprint density at radius 1 is 0.935 bits per heavy atom. The molecule has 2 aromatic rings. The lowest BCUT2D eigenvalue weighted by molar-refractivity contribution is 0.115. The SMILES string of the molecule is C=CCCC1CCC2CC(c3ccc(-c4cc(F)c(C#N)c(F)c4)c(F)c3)CCC2C1. The molecule has 0 saturated heterocycles. The van der Waals surface area contributed by atoms with Gasteiger partial charge in [0.25, 0.3) is 0 Å². The summed E-state index contributed by atoms with van der Waals surface area (Å²) in [5.74, 6) is 0.240. The first-order valence-electron chi connectivity index (χ1n) is 11.3. The number of nitrogens with zero attached hydrogens (tertiary/aromatic N) is 1. The van der Waals surface area contributed by atoms with E-state index in [4.69, 9.17) is 5.26 Å². The molecule has 31 heavy (non-hydrogen) atoms. The van der Waals surface area contributed by atoms with Gasteiger partial charge in [0.2, 0.25) is 0 Å². The molecule has 0 heterocycles. The monoisotopic (exact) mass is 423 g/mol. The van der Waals surface area contributed by atoms with Gasteiger partial charge in [0.05, 0.1) is 0 Å². The van der Waals surface area contributed by atoms with Crippen LogP contribution in [0.2, 0.25) is 0 Å². The second kappa shape index (κ2) is 9.30. The second-order valence-electron chi connectivity index (χ2n) is 9.24. The smallest absolute Gasteiger partial charge is 0.144 e. The van der Waals surface area contributed by atoms with E-state index in [0.717, 1.165) is 48.8 Å². The Hall–Kier alpha value is -2.54. The van der Waals surface area contributed by atoms with Gasteiger partial charge >= 0.3 is 0 Å². The molecular weight excluding hydrogens is 395 g/mol. The largest absolute Gasteiger partial charge is 0.206 e. The Labute approximate surface area is 182 Å². The molecule has 0 bridgehead atoms. The average molecular weight is 424 g/mol. The maximum absolute atomic E-state index is 14.9. The van der Waals surface area contributed by atoms with E-state index in [1.165, 1.54) is 44.2 Å². The molecule has 4 heteroatoms. The van der Waals surface area contributed by atoms with Gasteiger partial charge in [-0.05, 0) is 97.9 Å². The molecule has 162 valence electrons. The van der Waals surface area contributed by atoms with Crippen molar-refractivity contribution in [2.24, 2.45) is 17.8 Å². The van der Waals surface area contributed by atoms with Gasteiger partial charge in [0.15, 0.2) is 0 Å². The Morgan fingerprint density at radius 3 is 2.32 bits per heavy atom. The molecule has 4 atom stereocenters. The van der Waals surface area contributed by atoms with Crippen LogP contribution in [-0.4, -0.2) is 0 Å². The Morgan fingerprint density at radius 2 is 1.65 bits per heavy atom. The molecule has 2 aliphatic rings. The Balaban J connectivity index is 1.47. The zero-order chi connectivity index (χ0) is 22.0. The Kier molecular flexibility index (Phi) is 6.51. The van der Waals surface area contributed by atoms with E-state index >= 15 is 0 Å². The van der Waals surface area contributed by atoms with E-state index < -0.39 is 23.0 Å². The highest BCUT2D eigenvalue weighted by atomic mass is 19.1. The number of nitriles is 1. The average Bonchev–Trinajstić information content (AvgIpc) is 2.77. The van der Waals surface area contributed by atoms with Crippen LogP contribution in [0.5, 0.6) is 0 Å². The third-order valence-electron chi connectivity index (χ3n) is 7.43. The minimum absolute atomic E-state index is 0.111. The van der Waals surface area contributed by atoms with Gasteiger partial charge in [-0.25, -0.2) is 13.2 Å². The van der Waals surface area contributed by atoms with Gasteiger partial charge in [-0.3, -0.25) is 0 Å². The molecule has 0 N–H and O–H groups in total. The number of allylic oxidation sites excluding steroid dienone is 1. The molecule has 0 amide bonds. The van der Waals surface area contributed by atoms with Crippen molar-refractivity contribution >= 4 is 0 Å². The van der Waals surface area contributed by atoms with Crippen molar-refractivity contribution in [3.05, 3.63) is 71.6 Å². The lowest BCUT2D eigenvalue weighted by atomic mass is 9.63. The van der Waals surface area contributed by atoms with Crippen LogP contribution in [0, 0.1) is 46.5 Å². The van der Waals surface area contributed by atoms with Crippen molar-refractivity contribution in [3.8, 4) is 17.2 Å². The van der Waals surface area contributed by atoms with Crippen LogP contribution in [0.1, 0.15) is 68.4 Å². The van der Waals surface area contributed by atoms with Crippen LogP contribution < -0.4 is 0 Å². The van der Waals surface area contributed by atoms with Crippen LogP contribution in [0.4, 0.5) is 13.2 Å². The highest BCUT2D eigenvalue weighted by molar-refractivity contribution is 5.66. The highest BCUT2D eigenvalue weighted by Gasteiger charge is 2.35. The summed E-state index contributed by atoms with van der Waals surface area (Å²) in [6.07, 6.45) is 11.6. The van der Waals surface area contributed by atoms with Crippen LogP contribution >= 0.6 is 0 Å². The van der Waals surface area contributed by atoms with Gasteiger partial charge in [0.1, 0.15) is 29.1 Å². The van der Waals surface area contributed by atoms with Crippen molar-refractivity contribution in [1.82, 2.24) is 0 Å². The lowest BCUT2D eigenvalue weighted by Gasteiger charge is -2.42. The minimum atomic E-state index is -0.969. The molecule has 0 radical (unpaired) electrons. The summed E-state index contributed by atoms with van der Waals surface area (Å²) in [4.78, 5) is 0. The lowest BCUT2D eigenvalue weighted by Crippen LogP contribution is -2.30. The van der Waals surface area contributed by atoms with E-state index in [1.54, 1.807) is 6.07 Å². The molecule has 2 fully saturated rings. The zero-order valence-corrected chi connectivity index (χ0v) is 17.7. The van der Waals surface area contributed by atoms with E-state index in [1.807, 2.05) is 12.1 Å². The maximum Gasteiger partial charge on any atom is 0.144 e. The first-order chi connectivity index (χ1) is 15.0. The normalized spacial score (nSPS) is 25.5. The summed E-state index contributed by atoms with van der Waals surface area (Å²) in [6, 6.07) is 8.59. The minimum Gasteiger partial charge on any atom is -0.206 e. The van der Waals surface area contributed by atoms with Gasteiger partial charge < -0.3 is 0 Å². The van der Waals surface area contributed by atoms with E-state index in [0.29, 0.717) is 11.8 Å². The van der Waals surface area contributed by atoms with Crippen molar-refractivity contribution < 1.29 is 13.2 Å². The zero-order valence-electron chi connectivity index (χ0n) is 17.7. The summed E-state index contributed by atoms with van der Waals surface area (Å²) >= 11 is 0. The quantitative estimate of drug-likeness (QED) is 0.448. The number of benzene rings is 2. The predicted molar refractivity (Wildman–Crippen MR) is 117 cm³/mol. The van der Waals surface area contributed by atoms with E-state index in [-0.39, 0.29) is 11.1 Å². The summed E-state index contributed by atoms with van der Waals surface area (Å²) in [5, 5.41) is 8.82. The maximum atomic E-state index is 14.9. The molecule has 2 aromatic carbocycles. The molecule has 0 spiro atoms. The molecule has 0 aliphatic heterocycles. The van der Waals surface area contributed by atoms with E-state index in [9.17, 15) is 13.2 Å². The third-order valence-corrected chi connectivity index (χ3v) is 7.43. The van der Waals surface area contributed by atoms with Gasteiger partial charge in [-0.1, -0.05) is 24.6 Å². The first-order valence-corrected chi connectivity index (χ1v) is 11.3. The number of halogens is 3. The number of rotatable bonds is 5. The number of hydrogen-bond acceptors (Lipinski definition) is 1. The fourth-order valence-electron chi connectivity index (χ4n) is 5.76. The summed E-state index contributed by atoms with van der Waals surface area (Å²) < 4.78 is 42.8. The molecule has 2 saturated carbocycles. The topological polar surface area (TPSA) is 23.8 Å². The van der Waals surface area contributed by atoms with Gasteiger partial charge in [-0.2, -0.15) is 5.26 Å². The number of fused-ring (bicyclic) bond motifs is 1. The standard InChI is InChI=1S/C27H28F3N/c1-2-3-4-17-5-6-19-12-20(8-7-18(19)11-17)21-9-10-23(25(28)13-21)22-14-26(29)24(16-31)27(30)15-22/h2,9-10,13-15,17-20H,1,3-8,11-12H2. The van der Waals surface area contributed by atoms with Crippen molar-refractivity contribution in [3.63, 3.8) is 0 Å². The molecular formula is C27H28F3N. The first kappa shape index (κ1) is 21.7. The summed E-state index contributed by atoms with van der Waals surface area (Å²) in [7, 11) is 0. The van der Waals surface area contributed by atoms with Crippen molar-refractivity contribution in [1.29, 1.82) is 5.26 Å². The van der Waals surface area contributed by atoms with Gasteiger partial charge in [0, 0.05) is 5.56 Å². The predicted octanol–water partition coefficient (Wildman–Crippen LogP) is 7.91. The molecule has 4 unspecified atom stereocenters. The molecule has 1 nitrogen and oxygen atoms in total. The molecule has 4 rings (SSSR count). The van der Waals surface area contributed by atoms with Gasteiger partial charge in [-0.15, -0.1) is 6.58 Å². The second-order valence-corrected chi connectivity index (χ2v) is 9.24. The Bertz CT molecular complexity index is 983. The third kappa shape index (κ3) is 4.56. The highest BCUT2D eigenvalue weighted by Crippen LogP contribution is 2.48. The summed E-state index contributed by atoms with van der Waals surface area (Å²) in [5.41, 5.74) is 0.599. The van der Waals surface area contributed by atoms with Crippen LogP contribution in [0.25, 0.3) is 11.1 Å². The van der Waals surface area contributed by atoms with Crippen molar-refractivity contribution in [2.75, 3.05) is 0 Å². The fraction of sp³-hybridized carbons (Fsp3) is 0.444. The van der Waals surface area contributed by atoms with Crippen LogP contribution in [-0.2, 0) is 0 Å². The van der Waals surface area contributed by atoms with Crippen molar-refractivity contribution in [2.45, 2.75) is 57.3 Å².